The van der Waals surface area contributed by atoms with E-state index >= 15 is 0 Å². The van der Waals surface area contributed by atoms with Crippen LogP contribution in [0.2, 0.25) is 0 Å². The van der Waals surface area contributed by atoms with Gasteiger partial charge < -0.3 is 9.80 Å². The Labute approximate surface area is 171 Å². The summed E-state index contributed by atoms with van der Waals surface area (Å²) < 4.78 is 0. The number of Topliss-reactive ketones (excluding diaryl/α,β-unsaturated/α-hetero) is 1. The van der Waals surface area contributed by atoms with Crippen LogP contribution in [-0.4, -0.2) is 72.2 Å². The second kappa shape index (κ2) is 8.90. The summed E-state index contributed by atoms with van der Waals surface area (Å²) >= 11 is 0. The normalized spacial score (nSPS) is 23.1. The van der Waals surface area contributed by atoms with Crippen molar-refractivity contribution in [2.75, 3.05) is 50.7 Å². The Balaban J connectivity index is 1.60. The molecule has 2 saturated heterocycles. The molecular formula is C21H30N4O4. The Morgan fingerprint density at radius 1 is 1.10 bits per heavy atom. The Bertz CT molecular complexity index is 779. The monoisotopic (exact) mass is 402 g/mol. The van der Waals surface area contributed by atoms with Crippen LogP contribution in [0.5, 0.6) is 0 Å². The molecule has 0 spiro atoms. The maximum Gasteiger partial charge on any atom is 0.293 e. The van der Waals surface area contributed by atoms with E-state index in [0.717, 1.165) is 13.1 Å². The van der Waals surface area contributed by atoms with E-state index in [1.54, 1.807) is 12.1 Å². The van der Waals surface area contributed by atoms with Gasteiger partial charge in [-0.1, -0.05) is 13.8 Å². The van der Waals surface area contributed by atoms with Gasteiger partial charge in [-0.3, -0.25) is 24.6 Å². The van der Waals surface area contributed by atoms with Crippen LogP contribution in [-0.2, 0) is 4.79 Å². The first-order chi connectivity index (χ1) is 13.7. The zero-order chi connectivity index (χ0) is 21.1. The molecule has 2 heterocycles. The minimum absolute atomic E-state index is 0.0430. The summed E-state index contributed by atoms with van der Waals surface area (Å²) in [7, 11) is 0. The van der Waals surface area contributed by atoms with E-state index in [4.69, 9.17) is 0 Å². The van der Waals surface area contributed by atoms with Gasteiger partial charge in [0.15, 0.2) is 5.78 Å². The maximum absolute atomic E-state index is 12.7. The fraction of sp³-hybridized carbons (Fsp3) is 0.619. The number of hydrogen-bond acceptors (Lipinski definition) is 6. The molecule has 0 aliphatic carbocycles. The SMILES string of the molecule is CC(=O)c1ccc(N2CCN(CC(=O)N3CC(C)CC(C)C3)CC2)c([N+](=O)[O-])c1. The number of nitrogens with zero attached hydrogens (tertiary/aromatic N) is 4. The second-order valence-corrected chi connectivity index (χ2v) is 8.52. The largest absolute Gasteiger partial charge is 0.363 e. The predicted octanol–water partition coefficient (Wildman–Crippen LogP) is 2.42. The summed E-state index contributed by atoms with van der Waals surface area (Å²) in [5.41, 5.74) is 0.831. The van der Waals surface area contributed by atoms with Crippen molar-refractivity contribution in [3.05, 3.63) is 33.9 Å². The molecule has 0 saturated carbocycles. The average Bonchev–Trinajstić information content (AvgIpc) is 2.67. The van der Waals surface area contributed by atoms with Crippen molar-refractivity contribution in [3.8, 4) is 0 Å². The van der Waals surface area contributed by atoms with Crippen LogP contribution in [0.3, 0.4) is 0 Å². The van der Waals surface area contributed by atoms with Crippen LogP contribution >= 0.6 is 0 Å². The predicted molar refractivity (Wildman–Crippen MR) is 111 cm³/mol. The number of hydrogen-bond donors (Lipinski definition) is 0. The van der Waals surface area contributed by atoms with E-state index in [9.17, 15) is 19.7 Å². The molecule has 1 aromatic rings. The number of nitro groups is 1. The average molecular weight is 402 g/mol. The third kappa shape index (κ3) is 5.12. The van der Waals surface area contributed by atoms with Gasteiger partial charge >= 0.3 is 0 Å². The smallest absolute Gasteiger partial charge is 0.293 e. The highest BCUT2D eigenvalue weighted by atomic mass is 16.6. The molecule has 2 aliphatic rings. The molecular weight excluding hydrogens is 372 g/mol. The summed E-state index contributed by atoms with van der Waals surface area (Å²) in [6, 6.07) is 4.65. The maximum atomic E-state index is 12.7. The topological polar surface area (TPSA) is 87.0 Å². The molecule has 3 rings (SSSR count). The van der Waals surface area contributed by atoms with Gasteiger partial charge in [0.1, 0.15) is 5.69 Å². The van der Waals surface area contributed by atoms with Crippen LogP contribution in [0, 0.1) is 22.0 Å². The Morgan fingerprint density at radius 2 is 1.72 bits per heavy atom. The number of benzene rings is 1. The van der Waals surface area contributed by atoms with Gasteiger partial charge in [0.2, 0.25) is 5.91 Å². The Hall–Kier alpha value is -2.48. The first kappa shape index (κ1) is 21.2. The molecule has 8 heteroatoms. The van der Waals surface area contributed by atoms with Crippen molar-refractivity contribution in [3.63, 3.8) is 0 Å². The van der Waals surface area contributed by atoms with Crippen molar-refractivity contribution in [1.29, 1.82) is 0 Å². The van der Waals surface area contributed by atoms with Crippen LogP contribution in [0.15, 0.2) is 18.2 Å². The number of carbonyl (C=O) groups excluding carboxylic acids is 2. The van der Waals surface area contributed by atoms with E-state index < -0.39 is 4.92 Å². The van der Waals surface area contributed by atoms with Gasteiger partial charge in [-0.15, -0.1) is 0 Å². The molecule has 0 N–H and O–H groups in total. The van der Waals surface area contributed by atoms with Crippen LogP contribution in [0.4, 0.5) is 11.4 Å². The van der Waals surface area contributed by atoms with Crippen LogP contribution < -0.4 is 4.90 Å². The molecule has 29 heavy (non-hydrogen) atoms. The zero-order valence-electron chi connectivity index (χ0n) is 17.5. The fourth-order valence-corrected chi connectivity index (χ4v) is 4.46. The summed E-state index contributed by atoms with van der Waals surface area (Å²) in [5.74, 6) is 1.06. The van der Waals surface area contributed by atoms with Gasteiger partial charge in [0.05, 0.1) is 11.5 Å². The lowest BCUT2D eigenvalue weighted by Crippen LogP contribution is -2.52. The highest BCUT2D eigenvalue weighted by molar-refractivity contribution is 5.95. The molecule has 0 aromatic heterocycles. The molecule has 2 fully saturated rings. The number of likely N-dealkylation sites (tertiary alicyclic amines) is 1. The van der Waals surface area contributed by atoms with Crippen LogP contribution in [0.25, 0.3) is 0 Å². The third-order valence-electron chi connectivity index (χ3n) is 5.87. The molecule has 8 nitrogen and oxygen atoms in total. The van der Waals surface area contributed by atoms with E-state index in [2.05, 4.69) is 18.7 Å². The number of ketones is 1. The summed E-state index contributed by atoms with van der Waals surface area (Å²) in [6.07, 6.45) is 1.17. The van der Waals surface area contributed by atoms with Gasteiger partial charge in [-0.25, -0.2) is 0 Å². The number of piperazine rings is 1. The van der Waals surface area contributed by atoms with E-state index in [1.165, 1.54) is 19.4 Å². The highest BCUT2D eigenvalue weighted by Crippen LogP contribution is 2.30. The lowest BCUT2D eigenvalue weighted by atomic mass is 9.92. The Morgan fingerprint density at radius 3 is 2.28 bits per heavy atom. The lowest BCUT2D eigenvalue weighted by Gasteiger charge is -2.38. The number of piperidine rings is 1. The standard InChI is InChI=1S/C21H30N4O4/c1-15-10-16(2)13-24(12-15)21(27)14-22-6-8-23(9-7-22)19-5-4-18(17(3)26)11-20(19)25(28)29/h4-5,11,15-16H,6-10,12-14H2,1-3H3. The highest BCUT2D eigenvalue weighted by Gasteiger charge is 2.29. The van der Waals surface area contributed by atoms with Gasteiger partial charge in [0, 0.05) is 50.9 Å². The number of nitro benzene ring substituents is 1. The van der Waals surface area contributed by atoms with Crippen molar-refractivity contribution in [1.82, 2.24) is 9.80 Å². The first-order valence-corrected chi connectivity index (χ1v) is 10.3. The summed E-state index contributed by atoms with van der Waals surface area (Å²) in [4.78, 5) is 41.4. The summed E-state index contributed by atoms with van der Waals surface area (Å²) in [6.45, 7) is 10.4. The molecule has 158 valence electrons. The van der Waals surface area contributed by atoms with Gasteiger partial charge in [0.25, 0.3) is 5.69 Å². The quantitative estimate of drug-likeness (QED) is 0.427. The number of anilines is 1. The zero-order valence-corrected chi connectivity index (χ0v) is 17.5. The first-order valence-electron chi connectivity index (χ1n) is 10.3. The molecule has 2 atom stereocenters. The van der Waals surface area contributed by atoms with Crippen molar-refractivity contribution >= 4 is 23.1 Å². The van der Waals surface area contributed by atoms with E-state index in [-0.39, 0.29) is 17.4 Å². The van der Waals surface area contributed by atoms with E-state index in [1.807, 2.05) is 9.80 Å². The molecule has 0 radical (unpaired) electrons. The summed E-state index contributed by atoms with van der Waals surface area (Å²) in [5, 5.41) is 11.5. The van der Waals surface area contributed by atoms with Crippen LogP contribution in [0.1, 0.15) is 37.6 Å². The minimum atomic E-state index is -0.434. The number of amides is 1. The number of rotatable bonds is 5. The fourth-order valence-electron chi connectivity index (χ4n) is 4.46. The second-order valence-electron chi connectivity index (χ2n) is 8.52. The molecule has 0 bridgehead atoms. The molecule has 2 unspecified atom stereocenters. The molecule has 2 aliphatic heterocycles. The lowest BCUT2D eigenvalue weighted by molar-refractivity contribution is -0.384. The molecule has 1 aromatic carbocycles. The third-order valence-corrected chi connectivity index (χ3v) is 5.87. The minimum Gasteiger partial charge on any atom is -0.363 e. The van der Waals surface area contributed by atoms with Crippen molar-refractivity contribution < 1.29 is 14.5 Å². The Kier molecular flexibility index (Phi) is 6.52. The van der Waals surface area contributed by atoms with E-state index in [0.29, 0.717) is 55.8 Å². The van der Waals surface area contributed by atoms with Gasteiger partial charge in [-0.05, 0) is 37.3 Å². The van der Waals surface area contributed by atoms with Crippen molar-refractivity contribution in [2.45, 2.75) is 27.2 Å². The number of carbonyl (C=O) groups is 2. The van der Waals surface area contributed by atoms with Gasteiger partial charge in [-0.2, -0.15) is 0 Å². The van der Waals surface area contributed by atoms with Crippen molar-refractivity contribution in [2.24, 2.45) is 11.8 Å². The molecule has 1 amide bonds.